The van der Waals surface area contributed by atoms with Crippen LogP contribution in [0.2, 0.25) is 0 Å². The van der Waals surface area contributed by atoms with Crippen LogP contribution in [0.3, 0.4) is 0 Å². The molecule has 7 rings (SSSR count). The van der Waals surface area contributed by atoms with E-state index in [9.17, 15) is 9.59 Å². The number of thiocarbonyl (C=S) groups is 1. The molecule has 5 aliphatic rings. The van der Waals surface area contributed by atoms with Crippen molar-refractivity contribution in [1.29, 1.82) is 0 Å². The Morgan fingerprint density at radius 2 is 1.73 bits per heavy atom. The first-order valence-electron chi connectivity index (χ1n) is 11.3. The standard InChI is InChI=1S/C25H23BrN2O3S2/c26-18-3-1-17(2-4-18)20-6-5-19(31-20)10-21-22(29)28(24(32)33-21)27-23(30)25-11-14-7-15(12-25)9-16(8-14)13-25/h1-6,10,14-16H,7-9,11-13H2,(H,27,30)/b21-10+. The molecule has 4 saturated carbocycles. The van der Waals surface area contributed by atoms with E-state index in [1.165, 1.54) is 36.0 Å². The van der Waals surface area contributed by atoms with Crippen LogP contribution in [0, 0.1) is 23.2 Å². The van der Waals surface area contributed by atoms with Gasteiger partial charge in [0.25, 0.3) is 5.91 Å². The molecule has 2 heterocycles. The quantitative estimate of drug-likeness (QED) is 0.370. The monoisotopic (exact) mass is 542 g/mol. The summed E-state index contributed by atoms with van der Waals surface area (Å²) in [5.74, 6) is 2.94. The highest BCUT2D eigenvalue weighted by molar-refractivity contribution is 9.10. The molecular formula is C25H23BrN2O3S2. The van der Waals surface area contributed by atoms with Crippen LogP contribution >= 0.6 is 39.9 Å². The number of amides is 2. The number of furan rings is 1. The zero-order chi connectivity index (χ0) is 22.7. The molecule has 5 fully saturated rings. The van der Waals surface area contributed by atoms with Gasteiger partial charge in [0.2, 0.25) is 5.91 Å². The molecular weight excluding hydrogens is 520 g/mol. The largest absolute Gasteiger partial charge is 0.457 e. The smallest absolute Gasteiger partial charge is 0.285 e. The molecule has 4 aliphatic carbocycles. The summed E-state index contributed by atoms with van der Waals surface area (Å²) in [6.45, 7) is 0. The van der Waals surface area contributed by atoms with Gasteiger partial charge in [-0.05, 0) is 92.8 Å². The minimum atomic E-state index is -0.331. The summed E-state index contributed by atoms with van der Waals surface area (Å²) in [5, 5.41) is 1.26. The molecule has 0 spiro atoms. The maximum absolute atomic E-state index is 13.4. The first-order valence-corrected chi connectivity index (χ1v) is 13.4. The third kappa shape index (κ3) is 3.90. The van der Waals surface area contributed by atoms with E-state index in [0.717, 1.165) is 35.1 Å². The van der Waals surface area contributed by atoms with Crippen LogP contribution < -0.4 is 5.43 Å². The van der Waals surface area contributed by atoms with Crippen LogP contribution in [-0.2, 0) is 9.59 Å². The summed E-state index contributed by atoms with van der Waals surface area (Å²) in [4.78, 5) is 26.9. The van der Waals surface area contributed by atoms with Gasteiger partial charge in [0.15, 0.2) is 4.32 Å². The topological polar surface area (TPSA) is 62.6 Å². The zero-order valence-electron chi connectivity index (χ0n) is 17.9. The number of benzene rings is 1. The van der Waals surface area contributed by atoms with Crippen molar-refractivity contribution in [3.05, 3.63) is 51.5 Å². The summed E-state index contributed by atoms with van der Waals surface area (Å²) >= 11 is 10.1. The number of hydrogen-bond acceptors (Lipinski definition) is 5. The van der Waals surface area contributed by atoms with Crippen molar-refractivity contribution < 1.29 is 14.0 Å². The number of nitrogens with one attached hydrogen (secondary N) is 1. The summed E-state index contributed by atoms with van der Waals surface area (Å²) in [5.41, 5.74) is 3.52. The molecule has 8 heteroatoms. The fourth-order valence-corrected chi connectivity index (χ4v) is 7.93. The predicted molar refractivity (Wildman–Crippen MR) is 136 cm³/mol. The first-order chi connectivity index (χ1) is 15.9. The number of rotatable bonds is 4. The Balaban J connectivity index is 1.18. The maximum Gasteiger partial charge on any atom is 0.285 e. The van der Waals surface area contributed by atoms with Crippen LogP contribution in [0.1, 0.15) is 44.3 Å². The second kappa shape index (κ2) is 8.10. The van der Waals surface area contributed by atoms with Gasteiger partial charge in [-0.3, -0.25) is 15.0 Å². The molecule has 1 N–H and O–H groups in total. The molecule has 0 radical (unpaired) electrons. The normalized spacial score (nSPS) is 31.6. The van der Waals surface area contributed by atoms with Crippen molar-refractivity contribution in [2.75, 3.05) is 0 Å². The van der Waals surface area contributed by atoms with E-state index >= 15 is 0 Å². The van der Waals surface area contributed by atoms with Crippen LogP contribution in [0.4, 0.5) is 0 Å². The average Bonchev–Trinajstić information content (AvgIpc) is 3.33. The lowest BCUT2D eigenvalue weighted by Gasteiger charge is -2.55. The SMILES string of the molecule is O=C1/C(=C\c2ccc(-c3ccc(Br)cc3)o2)SC(=S)N1NC(=O)C12CC3CC(CC(C3)C1)C2. The number of thioether (sulfide) groups is 1. The molecule has 0 unspecified atom stereocenters. The number of carbonyl (C=O) groups is 2. The predicted octanol–water partition coefficient (Wildman–Crippen LogP) is 6.16. The van der Waals surface area contributed by atoms with Gasteiger partial charge in [-0.2, -0.15) is 5.01 Å². The first kappa shape index (κ1) is 21.6. The Morgan fingerprint density at radius 3 is 2.36 bits per heavy atom. The second-order valence-corrected chi connectivity index (χ2v) is 12.5. The van der Waals surface area contributed by atoms with Crippen molar-refractivity contribution in [2.24, 2.45) is 23.2 Å². The Labute approximate surface area is 210 Å². The Hall–Kier alpha value is -1.90. The number of halogens is 1. The van der Waals surface area contributed by atoms with Crippen molar-refractivity contribution in [3.8, 4) is 11.3 Å². The number of hydrogen-bond donors (Lipinski definition) is 1. The van der Waals surface area contributed by atoms with E-state index in [-0.39, 0.29) is 17.2 Å². The summed E-state index contributed by atoms with van der Waals surface area (Å²) in [6.07, 6.45) is 8.33. The van der Waals surface area contributed by atoms with Gasteiger partial charge in [-0.15, -0.1) is 0 Å². The Morgan fingerprint density at radius 1 is 1.09 bits per heavy atom. The molecule has 5 nitrogen and oxygen atoms in total. The lowest BCUT2D eigenvalue weighted by Crippen LogP contribution is -2.57. The number of nitrogens with zero attached hydrogens (tertiary/aromatic N) is 1. The highest BCUT2D eigenvalue weighted by Crippen LogP contribution is 2.60. The van der Waals surface area contributed by atoms with Crippen LogP contribution in [0.15, 0.2) is 50.2 Å². The van der Waals surface area contributed by atoms with Crippen molar-refractivity contribution in [1.82, 2.24) is 10.4 Å². The summed E-state index contributed by atoms with van der Waals surface area (Å²) < 4.78 is 7.28. The van der Waals surface area contributed by atoms with Gasteiger partial charge in [0, 0.05) is 16.1 Å². The van der Waals surface area contributed by atoms with E-state index in [1.54, 1.807) is 6.08 Å². The van der Waals surface area contributed by atoms with Gasteiger partial charge in [0.1, 0.15) is 11.5 Å². The van der Waals surface area contributed by atoms with Gasteiger partial charge < -0.3 is 4.42 Å². The molecule has 1 saturated heterocycles. The Bertz CT molecular complexity index is 1150. The van der Waals surface area contributed by atoms with E-state index in [2.05, 4.69) is 21.4 Å². The molecule has 1 aromatic carbocycles. The molecule has 33 heavy (non-hydrogen) atoms. The fraction of sp³-hybridized carbons (Fsp3) is 0.400. The van der Waals surface area contributed by atoms with Crippen LogP contribution in [0.5, 0.6) is 0 Å². The minimum Gasteiger partial charge on any atom is -0.457 e. The molecule has 2 amide bonds. The van der Waals surface area contributed by atoms with E-state index in [1.807, 2.05) is 36.4 Å². The van der Waals surface area contributed by atoms with E-state index in [4.69, 9.17) is 16.6 Å². The third-order valence-corrected chi connectivity index (χ3v) is 9.39. The molecule has 4 bridgehead atoms. The zero-order valence-corrected chi connectivity index (χ0v) is 21.1. The fourth-order valence-electron chi connectivity index (χ4n) is 6.50. The lowest BCUT2D eigenvalue weighted by atomic mass is 9.49. The van der Waals surface area contributed by atoms with E-state index in [0.29, 0.717) is 32.7 Å². The second-order valence-electron chi connectivity index (χ2n) is 9.86. The average molecular weight is 544 g/mol. The van der Waals surface area contributed by atoms with Gasteiger partial charge in [-0.25, -0.2) is 0 Å². The minimum absolute atomic E-state index is 0.0327. The highest BCUT2D eigenvalue weighted by Gasteiger charge is 2.55. The van der Waals surface area contributed by atoms with Crippen molar-refractivity contribution in [2.45, 2.75) is 38.5 Å². The summed E-state index contributed by atoms with van der Waals surface area (Å²) in [6, 6.07) is 11.5. The lowest BCUT2D eigenvalue weighted by molar-refractivity contribution is -0.152. The summed E-state index contributed by atoms with van der Waals surface area (Å²) in [7, 11) is 0. The number of hydrazine groups is 1. The highest BCUT2D eigenvalue weighted by atomic mass is 79.9. The molecule has 1 aliphatic heterocycles. The third-order valence-electron chi connectivity index (χ3n) is 7.56. The van der Waals surface area contributed by atoms with Crippen LogP contribution in [-0.4, -0.2) is 21.1 Å². The van der Waals surface area contributed by atoms with Crippen molar-refractivity contribution in [3.63, 3.8) is 0 Å². The van der Waals surface area contributed by atoms with Crippen molar-refractivity contribution >= 4 is 62.1 Å². The Kier molecular flexibility index (Phi) is 5.31. The molecule has 0 atom stereocenters. The molecule has 170 valence electrons. The maximum atomic E-state index is 13.4. The van der Waals surface area contributed by atoms with Gasteiger partial charge in [-0.1, -0.05) is 39.8 Å². The number of carbonyl (C=O) groups excluding carboxylic acids is 2. The van der Waals surface area contributed by atoms with Gasteiger partial charge in [0.05, 0.1) is 10.3 Å². The molecule has 2 aromatic rings. The molecule has 1 aromatic heterocycles. The van der Waals surface area contributed by atoms with E-state index < -0.39 is 0 Å². The van der Waals surface area contributed by atoms with Crippen LogP contribution in [0.25, 0.3) is 17.4 Å². The van der Waals surface area contributed by atoms with Gasteiger partial charge >= 0.3 is 0 Å².